The molecular formula is C10H15BrN2OS. The summed E-state index contributed by atoms with van der Waals surface area (Å²) in [5.74, 6) is 0.677. The van der Waals surface area contributed by atoms with Gasteiger partial charge in [0.1, 0.15) is 5.01 Å². The molecule has 15 heavy (non-hydrogen) atoms. The second-order valence-electron chi connectivity index (χ2n) is 3.86. The van der Waals surface area contributed by atoms with Crippen LogP contribution in [0.5, 0.6) is 0 Å². The quantitative estimate of drug-likeness (QED) is 0.926. The van der Waals surface area contributed by atoms with Gasteiger partial charge in [-0.15, -0.1) is 11.3 Å². The second-order valence-corrected chi connectivity index (χ2v) is 6.30. The summed E-state index contributed by atoms with van der Waals surface area (Å²) in [6, 6.07) is 0.335. The van der Waals surface area contributed by atoms with Crippen LogP contribution in [-0.4, -0.2) is 24.7 Å². The second kappa shape index (κ2) is 5.39. The van der Waals surface area contributed by atoms with Crippen molar-refractivity contribution in [3.63, 3.8) is 0 Å². The summed E-state index contributed by atoms with van der Waals surface area (Å²) in [6.45, 7) is 5.00. The predicted molar refractivity (Wildman–Crippen MR) is 65.2 cm³/mol. The fourth-order valence-electron chi connectivity index (χ4n) is 1.64. The molecule has 0 bridgehead atoms. The molecule has 3 nitrogen and oxygen atoms in total. The maximum absolute atomic E-state index is 5.34. The Bertz CT molecular complexity index is 312. The number of halogens is 1. The summed E-state index contributed by atoms with van der Waals surface area (Å²) in [6.07, 6.45) is 3.04. The minimum atomic E-state index is 0.335. The maximum Gasteiger partial charge on any atom is 0.110 e. The van der Waals surface area contributed by atoms with Crippen LogP contribution in [0, 0.1) is 5.92 Å². The van der Waals surface area contributed by atoms with Crippen molar-refractivity contribution in [2.75, 3.05) is 19.8 Å². The third-order valence-corrected chi connectivity index (χ3v) is 4.26. The van der Waals surface area contributed by atoms with Gasteiger partial charge in [-0.3, -0.25) is 0 Å². The first-order chi connectivity index (χ1) is 7.25. The molecule has 2 atom stereocenters. The van der Waals surface area contributed by atoms with Crippen LogP contribution in [-0.2, 0) is 4.74 Å². The van der Waals surface area contributed by atoms with E-state index in [0.717, 1.165) is 28.6 Å². The lowest BCUT2D eigenvalue weighted by Crippen LogP contribution is -2.25. The standard InChI is InChI=1S/C10H15BrN2OS/c1-7(10-13-5-9(11)15-10)12-4-8-2-3-14-6-8/h5,7-8,12H,2-4,6H2,1H3. The van der Waals surface area contributed by atoms with Crippen molar-refractivity contribution >= 4 is 27.3 Å². The third kappa shape index (κ3) is 3.24. The zero-order valence-corrected chi connectivity index (χ0v) is 11.1. The zero-order valence-electron chi connectivity index (χ0n) is 8.70. The average molecular weight is 291 g/mol. The van der Waals surface area contributed by atoms with Gasteiger partial charge < -0.3 is 10.1 Å². The van der Waals surface area contributed by atoms with E-state index in [-0.39, 0.29) is 0 Å². The van der Waals surface area contributed by atoms with Crippen molar-refractivity contribution in [2.24, 2.45) is 5.92 Å². The molecule has 0 amide bonds. The monoisotopic (exact) mass is 290 g/mol. The third-order valence-electron chi connectivity index (χ3n) is 2.60. The lowest BCUT2D eigenvalue weighted by molar-refractivity contribution is 0.184. The van der Waals surface area contributed by atoms with Crippen LogP contribution < -0.4 is 5.32 Å². The van der Waals surface area contributed by atoms with E-state index in [4.69, 9.17) is 4.74 Å². The van der Waals surface area contributed by atoms with E-state index in [1.54, 1.807) is 11.3 Å². The van der Waals surface area contributed by atoms with Crippen molar-refractivity contribution in [3.8, 4) is 0 Å². The molecule has 0 saturated carbocycles. The van der Waals surface area contributed by atoms with Crippen LogP contribution in [0.2, 0.25) is 0 Å². The van der Waals surface area contributed by atoms with E-state index in [1.165, 1.54) is 6.42 Å². The molecule has 1 fully saturated rings. The summed E-state index contributed by atoms with van der Waals surface area (Å²) >= 11 is 5.12. The number of nitrogens with zero attached hydrogens (tertiary/aromatic N) is 1. The summed E-state index contributed by atoms with van der Waals surface area (Å²) in [5, 5.41) is 4.64. The predicted octanol–water partition coefficient (Wildman–Crippen LogP) is 2.59. The Kier molecular flexibility index (Phi) is 4.13. The SMILES string of the molecule is CC(NCC1CCOC1)c1ncc(Br)s1. The van der Waals surface area contributed by atoms with E-state index in [1.807, 2.05) is 6.20 Å². The van der Waals surface area contributed by atoms with Crippen molar-refractivity contribution < 1.29 is 4.74 Å². The van der Waals surface area contributed by atoms with Gasteiger partial charge in [-0.05, 0) is 35.2 Å². The van der Waals surface area contributed by atoms with Gasteiger partial charge in [0.25, 0.3) is 0 Å². The molecule has 2 heterocycles. The van der Waals surface area contributed by atoms with Crippen LogP contribution >= 0.6 is 27.3 Å². The highest BCUT2D eigenvalue weighted by Gasteiger charge is 2.17. The van der Waals surface area contributed by atoms with E-state index in [9.17, 15) is 0 Å². The highest BCUT2D eigenvalue weighted by Crippen LogP contribution is 2.24. The Balaban J connectivity index is 1.79. The minimum Gasteiger partial charge on any atom is -0.381 e. The molecule has 0 spiro atoms. The molecule has 0 radical (unpaired) electrons. The molecular weight excluding hydrogens is 276 g/mol. The molecule has 1 aliphatic rings. The first-order valence-corrected chi connectivity index (χ1v) is 6.79. The number of thiazole rings is 1. The van der Waals surface area contributed by atoms with Crippen LogP contribution in [0.15, 0.2) is 9.98 Å². The van der Waals surface area contributed by atoms with E-state index < -0.39 is 0 Å². The minimum absolute atomic E-state index is 0.335. The number of ether oxygens (including phenoxy) is 1. The summed E-state index contributed by atoms with van der Waals surface area (Å²) < 4.78 is 6.43. The lowest BCUT2D eigenvalue weighted by atomic mass is 10.1. The van der Waals surface area contributed by atoms with Gasteiger partial charge in [0.05, 0.1) is 22.6 Å². The molecule has 1 saturated heterocycles. The van der Waals surface area contributed by atoms with Crippen molar-refractivity contribution in [1.29, 1.82) is 0 Å². The number of hydrogen-bond acceptors (Lipinski definition) is 4. The Morgan fingerprint density at radius 1 is 1.80 bits per heavy atom. The fourth-order valence-corrected chi connectivity index (χ4v) is 2.91. The Morgan fingerprint density at radius 3 is 3.27 bits per heavy atom. The molecule has 0 aromatic carbocycles. The van der Waals surface area contributed by atoms with Crippen molar-refractivity contribution in [1.82, 2.24) is 10.3 Å². The largest absolute Gasteiger partial charge is 0.381 e. The molecule has 2 rings (SSSR count). The molecule has 0 aliphatic carbocycles. The number of rotatable bonds is 4. The van der Waals surface area contributed by atoms with Gasteiger partial charge >= 0.3 is 0 Å². The maximum atomic E-state index is 5.34. The highest BCUT2D eigenvalue weighted by atomic mass is 79.9. The van der Waals surface area contributed by atoms with E-state index in [2.05, 4.69) is 33.2 Å². The van der Waals surface area contributed by atoms with Gasteiger partial charge in [0, 0.05) is 13.2 Å². The van der Waals surface area contributed by atoms with E-state index in [0.29, 0.717) is 12.0 Å². The first-order valence-electron chi connectivity index (χ1n) is 5.18. The summed E-state index contributed by atoms with van der Waals surface area (Å²) in [4.78, 5) is 4.34. The molecule has 5 heteroatoms. The smallest absolute Gasteiger partial charge is 0.110 e. The molecule has 1 aromatic heterocycles. The lowest BCUT2D eigenvalue weighted by Gasteiger charge is -2.13. The van der Waals surface area contributed by atoms with Crippen LogP contribution in [0.4, 0.5) is 0 Å². The molecule has 1 aliphatic heterocycles. The van der Waals surface area contributed by atoms with Crippen LogP contribution in [0.25, 0.3) is 0 Å². The Labute approximate surface area is 102 Å². The topological polar surface area (TPSA) is 34.1 Å². The number of hydrogen-bond donors (Lipinski definition) is 1. The summed E-state index contributed by atoms with van der Waals surface area (Å²) in [5.41, 5.74) is 0. The normalized spacial score (nSPS) is 23.2. The first kappa shape index (κ1) is 11.5. The van der Waals surface area contributed by atoms with Crippen molar-refractivity contribution in [2.45, 2.75) is 19.4 Å². The Hall–Kier alpha value is 0.0300. The number of aromatic nitrogens is 1. The van der Waals surface area contributed by atoms with E-state index >= 15 is 0 Å². The summed E-state index contributed by atoms with van der Waals surface area (Å²) in [7, 11) is 0. The zero-order chi connectivity index (χ0) is 10.7. The molecule has 84 valence electrons. The van der Waals surface area contributed by atoms with Gasteiger partial charge in [-0.2, -0.15) is 0 Å². The van der Waals surface area contributed by atoms with Gasteiger partial charge in [0.2, 0.25) is 0 Å². The molecule has 1 aromatic rings. The average Bonchev–Trinajstić information content (AvgIpc) is 2.84. The van der Waals surface area contributed by atoms with Crippen LogP contribution in [0.1, 0.15) is 24.4 Å². The van der Waals surface area contributed by atoms with Gasteiger partial charge in [0.15, 0.2) is 0 Å². The highest BCUT2D eigenvalue weighted by molar-refractivity contribution is 9.11. The van der Waals surface area contributed by atoms with Crippen LogP contribution in [0.3, 0.4) is 0 Å². The molecule has 2 unspecified atom stereocenters. The van der Waals surface area contributed by atoms with Gasteiger partial charge in [-0.25, -0.2) is 4.98 Å². The Morgan fingerprint density at radius 2 is 2.67 bits per heavy atom. The molecule has 1 N–H and O–H groups in total. The number of nitrogens with one attached hydrogen (secondary N) is 1. The fraction of sp³-hybridized carbons (Fsp3) is 0.700. The van der Waals surface area contributed by atoms with Crippen molar-refractivity contribution in [3.05, 3.63) is 15.0 Å². The van der Waals surface area contributed by atoms with Gasteiger partial charge in [-0.1, -0.05) is 0 Å².